The normalized spacial score (nSPS) is 12.0. The van der Waals surface area contributed by atoms with Crippen molar-refractivity contribution in [2.45, 2.75) is 64.4 Å². The van der Waals surface area contributed by atoms with Gasteiger partial charge in [-0.2, -0.15) is 0 Å². The molecule has 0 aliphatic carbocycles. The lowest BCUT2D eigenvalue weighted by molar-refractivity contribution is -0.140. The fourth-order valence-electron chi connectivity index (χ4n) is 4.56. The lowest BCUT2D eigenvalue weighted by atomic mass is 10.1. The van der Waals surface area contributed by atoms with E-state index in [1.165, 1.54) is 24.1 Å². The smallest absolute Gasteiger partial charge is 0.264 e. The van der Waals surface area contributed by atoms with Gasteiger partial charge in [0, 0.05) is 18.1 Å². The quantitative estimate of drug-likeness (QED) is 0.229. The van der Waals surface area contributed by atoms with Crippen LogP contribution in [0, 0.1) is 13.8 Å². The summed E-state index contributed by atoms with van der Waals surface area (Å²) in [4.78, 5) is 29.0. The number of nitrogens with zero attached hydrogens (tertiary/aromatic N) is 2. The number of benzene rings is 3. The van der Waals surface area contributed by atoms with Crippen molar-refractivity contribution in [1.29, 1.82) is 0 Å². The highest BCUT2D eigenvalue weighted by atomic mass is 35.5. The molecule has 1 atom stereocenters. The fraction of sp³-hybridized carbons (Fsp3) is 0.375. The molecular formula is C32H40ClN3O5S. The summed E-state index contributed by atoms with van der Waals surface area (Å²) in [7, 11) is -2.76. The number of unbranched alkanes of at least 4 members (excludes halogenated alkanes) is 1. The predicted octanol–water partition coefficient (Wildman–Crippen LogP) is 5.88. The number of nitrogens with one attached hydrogen (secondary N) is 1. The van der Waals surface area contributed by atoms with Crippen LogP contribution in [0.2, 0.25) is 5.02 Å². The number of hydrogen-bond acceptors (Lipinski definition) is 5. The summed E-state index contributed by atoms with van der Waals surface area (Å²) in [6.07, 6.45) is 2.06. The molecule has 0 fully saturated rings. The van der Waals surface area contributed by atoms with E-state index < -0.39 is 28.5 Å². The molecule has 0 radical (unpaired) electrons. The summed E-state index contributed by atoms with van der Waals surface area (Å²) >= 11 is 6.09. The van der Waals surface area contributed by atoms with Gasteiger partial charge >= 0.3 is 0 Å². The van der Waals surface area contributed by atoms with Gasteiger partial charge in [-0.05, 0) is 74.2 Å². The third-order valence-electron chi connectivity index (χ3n) is 6.97. The molecule has 3 aromatic rings. The van der Waals surface area contributed by atoms with Gasteiger partial charge in [0.1, 0.15) is 18.3 Å². The molecule has 0 heterocycles. The van der Waals surface area contributed by atoms with Crippen LogP contribution in [0.4, 0.5) is 5.69 Å². The van der Waals surface area contributed by atoms with Gasteiger partial charge < -0.3 is 15.0 Å². The molecule has 10 heteroatoms. The molecule has 0 aliphatic heterocycles. The van der Waals surface area contributed by atoms with Crippen LogP contribution >= 0.6 is 11.6 Å². The van der Waals surface area contributed by atoms with Crippen molar-refractivity contribution in [2.75, 3.05) is 24.5 Å². The van der Waals surface area contributed by atoms with E-state index in [0.717, 1.165) is 33.8 Å². The van der Waals surface area contributed by atoms with Crippen LogP contribution in [0.15, 0.2) is 71.6 Å². The summed E-state index contributed by atoms with van der Waals surface area (Å²) in [6, 6.07) is 17.8. The lowest BCUT2D eigenvalue weighted by Crippen LogP contribution is -2.52. The molecule has 0 saturated carbocycles. The molecule has 3 rings (SSSR count). The number of carbonyl (C=O) groups is 2. The molecular weight excluding hydrogens is 574 g/mol. The predicted molar refractivity (Wildman–Crippen MR) is 167 cm³/mol. The van der Waals surface area contributed by atoms with E-state index in [1.54, 1.807) is 54.6 Å². The Morgan fingerprint density at radius 1 is 0.952 bits per heavy atom. The standard InChI is InChI=1S/C32H40ClN3O5S/c1-6-8-19-34-32(38)28(7-2)35(21-25-12-14-26(33)15-13-25)31(37)22-36(29-20-24(4)11-18-30(29)41-5)42(39,40)27-16-9-23(3)10-17-27/h9-18,20,28H,6-8,19,21-22H2,1-5H3,(H,34,38). The minimum Gasteiger partial charge on any atom is -0.495 e. The van der Waals surface area contributed by atoms with Gasteiger partial charge in [0.15, 0.2) is 0 Å². The second kappa shape index (κ2) is 15.1. The van der Waals surface area contributed by atoms with E-state index in [0.29, 0.717) is 23.7 Å². The first-order valence-corrected chi connectivity index (χ1v) is 15.9. The summed E-state index contributed by atoms with van der Waals surface area (Å²) in [5.74, 6) is -0.506. The van der Waals surface area contributed by atoms with Gasteiger partial charge in [-0.1, -0.05) is 67.8 Å². The Morgan fingerprint density at radius 2 is 1.60 bits per heavy atom. The zero-order chi connectivity index (χ0) is 30.9. The summed E-state index contributed by atoms with van der Waals surface area (Å²) < 4.78 is 34.9. The van der Waals surface area contributed by atoms with E-state index in [4.69, 9.17) is 16.3 Å². The van der Waals surface area contributed by atoms with Crippen molar-refractivity contribution in [3.8, 4) is 5.75 Å². The molecule has 0 aliphatic rings. The van der Waals surface area contributed by atoms with Crippen molar-refractivity contribution < 1.29 is 22.7 Å². The maximum absolute atomic E-state index is 14.2. The van der Waals surface area contributed by atoms with Gasteiger partial charge in [-0.25, -0.2) is 8.42 Å². The largest absolute Gasteiger partial charge is 0.495 e. The average Bonchev–Trinajstić information content (AvgIpc) is 2.97. The second-order valence-corrected chi connectivity index (χ2v) is 12.5. The van der Waals surface area contributed by atoms with Crippen molar-refractivity contribution in [3.05, 3.63) is 88.4 Å². The zero-order valence-corrected chi connectivity index (χ0v) is 26.5. The molecule has 0 aromatic heterocycles. The number of methoxy groups -OCH3 is 1. The molecule has 0 spiro atoms. The Bertz CT molecular complexity index is 1460. The Morgan fingerprint density at radius 3 is 2.19 bits per heavy atom. The maximum atomic E-state index is 14.2. The summed E-state index contributed by atoms with van der Waals surface area (Å²) in [5.41, 5.74) is 2.69. The summed E-state index contributed by atoms with van der Waals surface area (Å²) in [6.45, 7) is 7.61. The highest BCUT2D eigenvalue weighted by molar-refractivity contribution is 7.92. The molecule has 3 aromatic carbocycles. The topological polar surface area (TPSA) is 96.0 Å². The SMILES string of the molecule is CCCCNC(=O)C(CC)N(Cc1ccc(Cl)cc1)C(=O)CN(c1cc(C)ccc1OC)S(=O)(=O)c1ccc(C)cc1. The van der Waals surface area contributed by atoms with Crippen molar-refractivity contribution in [2.24, 2.45) is 0 Å². The number of aryl methyl sites for hydroxylation is 2. The highest BCUT2D eigenvalue weighted by Gasteiger charge is 2.34. The highest BCUT2D eigenvalue weighted by Crippen LogP contribution is 2.34. The molecule has 1 unspecified atom stereocenters. The van der Waals surface area contributed by atoms with Gasteiger partial charge in [0.05, 0.1) is 17.7 Å². The zero-order valence-electron chi connectivity index (χ0n) is 24.9. The number of anilines is 1. The summed E-state index contributed by atoms with van der Waals surface area (Å²) in [5, 5.41) is 3.48. The van der Waals surface area contributed by atoms with Crippen LogP contribution in [0.3, 0.4) is 0 Å². The minimum absolute atomic E-state index is 0.0399. The van der Waals surface area contributed by atoms with E-state index >= 15 is 0 Å². The maximum Gasteiger partial charge on any atom is 0.264 e. The molecule has 42 heavy (non-hydrogen) atoms. The minimum atomic E-state index is -4.21. The van der Waals surface area contributed by atoms with Gasteiger partial charge in [0.2, 0.25) is 11.8 Å². The van der Waals surface area contributed by atoms with Crippen molar-refractivity contribution >= 4 is 39.1 Å². The number of amides is 2. The van der Waals surface area contributed by atoms with E-state index in [1.807, 2.05) is 27.7 Å². The third kappa shape index (κ3) is 8.26. The monoisotopic (exact) mass is 613 g/mol. The number of carbonyl (C=O) groups excluding carboxylic acids is 2. The Balaban J connectivity index is 2.10. The van der Waals surface area contributed by atoms with Crippen molar-refractivity contribution in [1.82, 2.24) is 10.2 Å². The van der Waals surface area contributed by atoms with Crippen LogP contribution in [-0.2, 0) is 26.2 Å². The molecule has 2 amide bonds. The first-order valence-electron chi connectivity index (χ1n) is 14.1. The first-order chi connectivity index (χ1) is 20.0. The number of ether oxygens (including phenoxy) is 1. The Kier molecular flexibility index (Phi) is 11.8. The van der Waals surface area contributed by atoms with E-state index in [9.17, 15) is 18.0 Å². The van der Waals surface area contributed by atoms with E-state index in [-0.39, 0.29) is 23.0 Å². The number of rotatable bonds is 14. The molecule has 8 nitrogen and oxygen atoms in total. The van der Waals surface area contributed by atoms with Crippen LogP contribution in [0.5, 0.6) is 5.75 Å². The Hall–Kier alpha value is -3.56. The molecule has 0 bridgehead atoms. The van der Waals surface area contributed by atoms with E-state index in [2.05, 4.69) is 5.32 Å². The van der Waals surface area contributed by atoms with Crippen LogP contribution in [0.1, 0.15) is 49.8 Å². The Labute approximate surface area is 254 Å². The van der Waals surface area contributed by atoms with Crippen molar-refractivity contribution in [3.63, 3.8) is 0 Å². The van der Waals surface area contributed by atoms with Crippen LogP contribution in [-0.4, -0.2) is 51.4 Å². The average molecular weight is 614 g/mol. The molecule has 1 N–H and O–H groups in total. The number of sulfonamides is 1. The third-order valence-corrected chi connectivity index (χ3v) is 9.00. The van der Waals surface area contributed by atoms with Gasteiger partial charge in [-0.15, -0.1) is 0 Å². The second-order valence-electron chi connectivity index (χ2n) is 10.2. The first kappa shape index (κ1) is 32.9. The van der Waals surface area contributed by atoms with Crippen LogP contribution < -0.4 is 14.4 Å². The molecule has 0 saturated heterocycles. The fourth-order valence-corrected chi connectivity index (χ4v) is 6.10. The lowest BCUT2D eigenvalue weighted by Gasteiger charge is -2.33. The number of halogens is 1. The van der Waals surface area contributed by atoms with Gasteiger partial charge in [-0.3, -0.25) is 13.9 Å². The van der Waals surface area contributed by atoms with Crippen LogP contribution in [0.25, 0.3) is 0 Å². The molecule has 226 valence electrons. The van der Waals surface area contributed by atoms with Gasteiger partial charge in [0.25, 0.3) is 10.0 Å². The number of hydrogen-bond donors (Lipinski definition) is 1.